The number of benzene rings is 1. The van der Waals surface area contributed by atoms with E-state index in [4.69, 9.17) is 0 Å². The summed E-state index contributed by atoms with van der Waals surface area (Å²) >= 11 is 0. The van der Waals surface area contributed by atoms with Gasteiger partial charge in [0.2, 0.25) is 0 Å². The number of hydrogen-bond acceptors (Lipinski definition) is 2. The Hall–Kier alpha value is -1.38. The first-order valence-corrected chi connectivity index (χ1v) is 6.42. The molecule has 0 bridgehead atoms. The van der Waals surface area contributed by atoms with Crippen LogP contribution in [0.15, 0.2) is 49.1 Å². The molecule has 0 spiro atoms. The first-order chi connectivity index (χ1) is 9.75. The van der Waals surface area contributed by atoms with E-state index in [0.29, 0.717) is 0 Å². The second-order valence-electron chi connectivity index (χ2n) is 4.67. The van der Waals surface area contributed by atoms with Crippen molar-refractivity contribution in [2.75, 3.05) is 0 Å². The molecule has 0 atom stereocenters. The van der Waals surface area contributed by atoms with Gasteiger partial charge in [-0.2, -0.15) is 29.3 Å². The number of pyridine rings is 1. The molecule has 0 unspecified atom stereocenters. The maximum absolute atomic E-state index is 4.11. The minimum atomic E-state index is 0. The summed E-state index contributed by atoms with van der Waals surface area (Å²) in [6.07, 6.45) is 8.31. The molecule has 0 aliphatic heterocycles. The largest absolute Gasteiger partial charge is 0.369 e. The van der Waals surface area contributed by atoms with Gasteiger partial charge >= 0.3 is 0 Å². The number of aromatic nitrogens is 3. The molecule has 4 radical (unpaired) electrons. The summed E-state index contributed by atoms with van der Waals surface area (Å²) in [5, 5.41) is 0. The summed E-state index contributed by atoms with van der Waals surface area (Å²) in [5.74, 6) is 0. The minimum Gasteiger partial charge on any atom is -0.369 e. The first kappa shape index (κ1) is 18.7. The van der Waals surface area contributed by atoms with Crippen LogP contribution in [-0.2, 0) is 39.8 Å². The molecular weight excluding hydrogens is 346 g/mol. The number of aryl methyl sites for hydroxylation is 2. The van der Waals surface area contributed by atoms with Crippen LogP contribution in [0.2, 0.25) is 0 Å². The van der Waals surface area contributed by atoms with Crippen molar-refractivity contribution in [3.8, 4) is 22.4 Å². The second kappa shape index (κ2) is 8.30. The molecule has 22 heavy (non-hydrogen) atoms. The van der Waals surface area contributed by atoms with Gasteiger partial charge in [0, 0.05) is 41.1 Å². The SMILES string of the molecule is Cc1ccc(-c2[c-]nccc2)[c-]c1-c1ccnc[n+]1C.[B].[Y]. The van der Waals surface area contributed by atoms with E-state index < -0.39 is 0 Å². The van der Waals surface area contributed by atoms with Gasteiger partial charge in [-0.25, -0.2) is 0 Å². The van der Waals surface area contributed by atoms with Crippen molar-refractivity contribution in [1.29, 1.82) is 0 Å². The maximum atomic E-state index is 4.11. The smallest absolute Gasteiger partial charge is 0.279 e. The Bertz CT molecular complexity index is 748. The van der Waals surface area contributed by atoms with Crippen LogP contribution in [0, 0.1) is 19.2 Å². The van der Waals surface area contributed by atoms with Crippen molar-refractivity contribution in [3.05, 3.63) is 66.9 Å². The van der Waals surface area contributed by atoms with Gasteiger partial charge in [0.1, 0.15) is 6.20 Å². The Morgan fingerprint density at radius 2 is 1.86 bits per heavy atom. The third-order valence-electron chi connectivity index (χ3n) is 3.25. The Morgan fingerprint density at radius 1 is 1.05 bits per heavy atom. The molecule has 2 aromatic heterocycles. The average molecular weight is 360 g/mol. The Labute approximate surface area is 158 Å². The molecule has 3 rings (SSSR count). The third-order valence-corrected chi connectivity index (χ3v) is 3.25. The first-order valence-electron chi connectivity index (χ1n) is 6.42. The van der Waals surface area contributed by atoms with E-state index >= 15 is 0 Å². The van der Waals surface area contributed by atoms with Crippen LogP contribution in [0.1, 0.15) is 5.56 Å². The molecule has 104 valence electrons. The van der Waals surface area contributed by atoms with E-state index in [1.807, 2.05) is 35.9 Å². The Balaban J connectivity index is 0.00000121. The van der Waals surface area contributed by atoms with Crippen molar-refractivity contribution in [2.24, 2.45) is 7.05 Å². The molecule has 2 heterocycles. The van der Waals surface area contributed by atoms with Crippen molar-refractivity contribution in [2.45, 2.75) is 6.92 Å². The van der Waals surface area contributed by atoms with E-state index in [0.717, 1.165) is 22.4 Å². The average Bonchev–Trinajstić information content (AvgIpc) is 2.49. The normalized spacial score (nSPS) is 9.55. The van der Waals surface area contributed by atoms with Gasteiger partial charge in [0.25, 0.3) is 6.33 Å². The van der Waals surface area contributed by atoms with Gasteiger partial charge in [-0.1, -0.05) is 29.9 Å². The molecule has 0 aliphatic rings. The van der Waals surface area contributed by atoms with Crippen LogP contribution in [0.5, 0.6) is 0 Å². The van der Waals surface area contributed by atoms with Gasteiger partial charge in [0.05, 0.1) is 12.7 Å². The molecule has 5 heteroatoms. The monoisotopic (exact) mass is 360 g/mol. The third kappa shape index (κ3) is 3.88. The Kier molecular flexibility index (Phi) is 7.05. The standard InChI is InChI=1S/C17H14N3.B.Y/c1-13-5-6-14(15-4-3-8-18-11-15)10-16(13)17-7-9-19-12-20(17)2;;/h3-9,12H,1-2H3;;/q-1;;. The maximum Gasteiger partial charge on any atom is 0.279 e. The zero-order chi connectivity index (χ0) is 13.9. The van der Waals surface area contributed by atoms with E-state index in [-0.39, 0.29) is 41.1 Å². The van der Waals surface area contributed by atoms with Crippen LogP contribution in [0.25, 0.3) is 22.4 Å². The molecule has 0 saturated carbocycles. The van der Waals surface area contributed by atoms with Crippen molar-refractivity contribution < 1.29 is 37.3 Å². The van der Waals surface area contributed by atoms with E-state index in [2.05, 4.69) is 35.2 Å². The van der Waals surface area contributed by atoms with Gasteiger partial charge in [0.15, 0.2) is 0 Å². The number of nitrogens with zero attached hydrogens (tertiary/aromatic N) is 3. The van der Waals surface area contributed by atoms with Gasteiger partial charge in [-0.15, -0.1) is 17.7 Å². The summed E-state index contributed by atoms with van der Waals surface area (Å²) in [5.41, 5.74) is 5.29. The Morgan fingerprint density at radius 3 is 2.55 bits per heavy atom. The van der Waals surface area contributed by atoms with Gasteiger partial charge in [-0.3, -0.25) is 4.57 Å². The molecular formula is C17H14BN3Y-. The van der Waals surface area contributed by atoms with E-state index in [9.17, 15) is 0 Å². The van der Waals surface area contributed by atoms with Crippen LogP contribution in [0.3, 0.4) is 0 Å². The summed E-state index contributed by atoms with van der Waals surface area (Å²) in [6.45, 7) is 2.09. The van der Waals surface area contributed by atoms with E-state index in [1.54, 1.807) is 18.7 Å². The molecule has 3 aromatic rings. The molecule has 0 amide bonds. The molecule has 0 saturated heterocycles. The predicted octanol–water partition coefficient (Wildman–Crippen LogP) is 2.16. The minimum absolute atomic E-state index is 0. The van der Waals surface area contributed by atoms with Crippen LogP contribution in [0.4, 0.5) is 0 Å². The fourth-order valence-corrected chi connectivity index (χ4v) is 2.16. The zero-order valence-electron chi connectivity index (χ0n) is 12.6. The van der Waals surface area contributed by atoms with Crippen molar-refractivity contribution in [1.82, 2.24) is 9.97 Å². The molecule has 1 aromatic carbocycles. The molecule has 3 nitrogen and oxygen atoms in total. The fourth-order valence-electron chi connectivity index (χ4n) is 2.16. The van der Waals surface area contributed by atoms with Crippen LogP contribution >= 0.6 is 0 Å². The molecule has 0 fully saturated rings. The van der Waals surface area contributed by atoms with Gasteiger partial charge in [-0.05, 0) is 6.07 Å². The summed E-state index contributed by atoms with van der Waals surface area (Å²) in [4.78, 5) is 8.16. The number of rotatable bonds is 2. The van der Waals surface area contributed by atoms with Crippen molar-refractivity contribution >= 4 is 8.41 Å². The fraction of sp³-hybridized carbons (Fsp3) is 0.118. The predicted molar refractivity (Wildman–Crippen MR) is 82.2 cm³/mol. The summed E-state index contributed by atoms with van der Waals surface area (Å²) < 4.78 is 2.00. The quantitative estimate of drug-likeness (QED) is 0.398. The van der Waals surface area contributed by atoms with Crippen LogP contribution in [-0.4, -0.2) is 18.4 Å². The van der Waals surface area contributed by atoms with Crippen molar-refractivity contribution in [3.63, 3.8) is 0 Å². The summed E-state index contributed by atoms with van der Waals surface area (Å²) in [6, 6.07) is 13.5. The summed E-state index contributed by atoms with van der Waals surface area (Å²) in [7, 11) is 1.98. The van der Waals surface area contributed by atoms with E-state index in [1.165, 1.54) is 5.56 Å². The van der Waals surface area contributed by atoms with Gasteiger partial charge < -0.3 is 4.98 Å². The molecule has 0 aliphatic carbocycles. The second-order valence-corrected chi connectivity index (χ2v) is 4.67. The molecule has 0 N–H and O–H groups in total. The number of hydrogen-bond donors (Lipinski definition) is 0. The topological polar surface area (TPSA) is 29.7 Å². The zero-order valence-corrected chi connectivity index (χ0v) is 15.5. The van der Waals surface area contributed by atoms with Crippen LogP contribution < -0.4 is 4.57 Å².